The van der Waals surface area contributed by atoms with Crippen LogP contribution >= 0.6 is 11.6 Å². The normalized spacial score (nSPS) is 11.6. The van der Waals surface area contributed by atoms with E-state index in [0.717, 1.165) is 11.1 Å². The van der Waals surface area contributed by atoms with Gasteiger partial charge in [-0.25, -0.2) is 4.79 Å². The first-order chi connectivity index (χ1) is 12.0. The molecule has 0 bridgehead atoms. The van der Waals surface area contributed by atoms with E-state index in [1.54, 1.807) is 31.4 Å². The molecule has 0 saturated carbocycles. The minimum absolute atomic E-state index is 0.268. The first kappa shape index (κ1) is 19.0. The molecular weight excluding hydrogens is 342 g/mol. The summed E-state index contributed by atoms with van der Waals surface area (Å²) in [6, 6.07) is 14.1. The van der Waals surface area contributed by atoms with E-state index in [4.69, 9.17) is 21.1 Å². The number of esters is 1. The van der Waals surface area contributed by atoms with Crippen LogP contribution in [0.3, 0.4) is 0 Å². The van der Waals surface area contributed by atoms with Gasteiger partial charge >= 0.3 is 5.97 Å². The van der Waals surface area contributed by atoms with Crippen molar-refractivity contribution in [2.75, 3.05) is 7.11 Å². The van der Waals surface area contributed by atoms with Gasteiger partial charge in [-0.05, 0) is 36.2 Å². The first-order valence-electron chi connectivity index (χ1n) is 7.81. The number of hydrogen-bond acceptors (Lipinski definition) is 4. The van der Waals surface area contributed by atoms with Gasteiger partial charge in [0.1, 0.15) is 0 Å². The summed E-state index contributed by atoms with van der Waals surface area (Å²) in [5.74, 6) is -0.945. The number of benzene rings is 2. The van der Waals surface area contributed by atoms with Crippen LogP contribution in [0.25, 0.3) is 0 Å². The molecule has 0 aliphatic rings. The van der Waals surface area contributed by atoms with Crippen LogP contribution < -0.4 is 5.32 Å². The molecule has 1 N–H and O–H groups in total. The molecule has 0 aromatic heterocycles. The van der Waals surface area contributed by atoms with E-state index in [9.17, 15) is 9.59 Å². The molecule has 0 fully saturated rings. The maximum atomic E-state index is 12.2. The van der Waals surface area contributed by atoms with Crippen molar-refractivity contribution >= 4 is 23.5 Å². The van der Waals surface area contributed by atoms with Crippen LogP contribution in [0.15, 0.2) is 48.5 Å². The van der Waals surface area contributed by atoms with Crippen LogP contribution in [0.1, 0.15) is 28.4 Å². The molecule has 6 heteroatoms. The average molecular weight is 362 g/mol. The summed E-state index contributed by atoms with van der Waals surface area (Å²) < 4.78 is 10.3. The summed E-state index contributed by atoms with van der Waals surface area (Å²) in [7, 11) is 1.58. The van der Waals surface area contributed by atoms with Crippen LogP contribution in [0, 0.1) is 0 Å². The smallest absolute Gasteiger partial charge is 0.338 e. The maximum absolute atomic E-state index is 12.2. The third-order valence-electron chi connectivity index (χ3n) is 3.54. The Kier molecular flexibility index (Phi) is 6.98. The molecule has 2 aromatic rings. The van der Waals surface area contributed by atoms with Gasteiger partial charge in [-0.1, -0.05) is 41.9 Å². The van der Waals surface area contributed by atoms with Crippen LogP contribution in [0.2, 0.25) is 5.02 Å². The molecule has 5 nitrogen and oxygen atoms in total. The highest BCUT2D eigenvalue weighted by molar-refractivity contribution is 6.31. The molecular formula is C19H20ClNO4. The van der Waals surface area contributed by atoms with Gasteiger partial charge < -0.3 is 14.8 Å². The first-order valence-corrected chi connectivity index (χ1v) is 8.19. The van der Waals surface area contributed by atoms with Crippen LogP contribution in [0.4, 0.5) is 0 Å². The molecule has 132 valence electrons. The van der Waals surface area contributed by atoms with Crippen LogP contribution in [0.5, 0.6) is 0 Å². The number of carbonyl (C=O) groups excluding carboxylic acids is 2. The van der Waals surface area contributed by atoms with E-state index in [0.29, 0.717) is 17.2 Å². The molecule has 0 unspecified atom stereocenters. The zero-order chi connectivity index (χ0) is 18.2. The second-order valence-electron chi connectivity index (χ2n) is 5.49. The van der Waals surface area contributed by atoms with E-state index in [2.05, 4.69) is 5.32 Å². The van der Waals surface area contributed by atoms with Gasteiger partial charge in [0, 0.05) is 18.7 Å². The van der Waals surface area contributed by atoms with Crippen molar-refractivity contribution in [1.29, 1.82) is 0 Å². The highest BCUT2D eigenvalue weighted by Crippen LogP contribution is 2.14. The molecule has 2 rings (SSSR count). The Morgan fingerprint density at radius 1 is 1.16 bits per heavy atom. The fourth-order valence-corrected chi connectivity index (χ4v) is 2.41. The zero-order valence-corrected chi connectivity index (χ0v) is 14.9. The monoisotopic (exact) mass is 361 g/mol. The second-order valence-corrected chi connectivity index (χ2v) is 5.90. The van der Waals surface area contributed by atoms with E-state index in [1.807, 2.05) is 24.3 Å². The molecule has 0 heterocycles. The Labute approximate surface area is 151 Å². The van der Waals surface area contributed by atoms with Crippen LogP contribution in [-0.4, -0.2) is 25.1 Å². The van der Waals surface area contributed by atoms with Gasteiger partial charge in [-0.3, -0.25) is 4.79 Å². The van der Waals surface area contributed by atoms with Crippen molar-refractivity contribution in [1.82, 2.24) is 5.32 Å². The molecule has 2 aromatic carbocycles. The summed E-state index contributed by atoms with van der Waals surface area (Å²) in [6.45, 7) is 2.19. The number of carbonyl (C=O) groups is 2. The van der Waals surface area contributed by atoms with Crippen molar-refractivity contribution < 1.29 is 19.1 Å². The highest BCUT2D eigenvalue weighted by Gasteiger charge is 2.19. The molecule has 1 atom stereocenters. The zero-order valence-electron chi connectivity index (χ0n) is 14.1. The summed E-state index contributed by atoms with van der Waals surface area (Å²) in [4.78, 5) is 24.3. The topological polar surface area (TPSA) is 64.6 Å². The van der Waals surface area contributed by atoms with Crippen molar-refractivity contribution in [2.45, 2.75) is 26.2 Å². The Morgan fingerprint density at radius 3 is 2.64 bits per heavy atom. The molecule has 1 amide bonds. The molecule has 0 saturated heterocycles. The SMILES string of the molecule is COCc1cccc(C(=O)O[C@H](C)C(=O)NCc2ccccc2Cl)c1. The summed E-state index contributed by atoms with van der Waals surface area (Å²) >= 11 is 6.05. The number of methoxy groups -OCH3 is 1. The Bertz CT molecular complexity index is 748. The molecule has 0 aliphatic carbocycles. The fraction of sp³-hybridized carbons (Fsp3) is 0.263. The minimum atomic E-state index is -0.916. The molecule has 0 aliphatic heterocycles. The fourth-order valence-electron chi connectivity index (χ4n) is 2.20. The van der Waals surface area contributed by atoms with E-state index in [1.165, 1.54) is 6.92 Å². The number of hydrogen-bond donors (Lipinski definition) is 1. The van der Waals surface area contributed by atoms with Crippen molar-refractivity contribution in [3.05, 3.63) is 70.2 Å². The lowest BCUT2D eigenvalue weighted by atomic mass is 10.1. The third kappa shape index (κ3) is 5.59. The maximum Gasteiger partial charge on any atom is 0.338 e. The van der Waals surface area contributed by atoms with Gasteiger partial charge in [-0.15, -0.1) is 0 Å². The summed E-state index contributed by atoms with van der Waals surface area (Å²) in [5, 5.41) is 3.28. The quantitative estimate of drug-likeness (QED) is 0.768. The molecule has 25 heavy (non-hydrogen) atoms. The molecule has 0 spiro atoms. The van der Waals surface area contributed by atoms with Gasteiger partial charge in [0.2, 0.25) is 0 Å². The van der Waals surface area contributed by atoms with Crippen molar-refractivity contribution in [3.63, 3.8) is 0 Å². The average Bonchev–Trinajstić information content (AvgIpc) is 2.61. The predicted molar refractivity (Wildman–Crippen MR) is 95.3 cm³/mol. The number of nitrogens with one attached hydrogen (secondary N) is 1. The van der Waals surface area contributed by atoms with Gasteiger partial charge in [0.05, 0.1) is 12.2 Å². The van der Waals surface area contributed by atoms with Gasteiger partial charge in [0.15, 0.2) is 6.10 Å². The third-order valence-corrected chi connectivity index (χ3v) is 3.91. The Morgan fingerprint density at radius 2 is 1.92 bits per heavy atom. The summed E-state index contributed by atoms with van der Waals surface area (Å²) in [5.41, 5.74) is 2.02. The Hall–Kier alpha value is -2.37. The lowest BCUT2D eigenvalue weighted by Crippen LogP contribution is -2.35. The van der Waals surface area contributed by atoms with E-state index < -0.39 is 12.1 Å². The van der Waals surface area contributed by atoms with Gasteiger partial charge in [-0.2, -0.15) is 0 Å². The van der Waals surface area contributed by atoms with Crippen LogP contribution in [-0.2, 0) is 27.4 Å². The highest BCUT2D eigenvalue weighted by atomic mass is 35.5. The van der Waals surface area contributed by atoms with Crippen molar-refractivity contribution in [3.8, 4) is 0 Å². The van der Waals surface area contributed by atoms with E-state index in [-0.39, 0.29) is 12.5 Å². The number of rotatable bonds is 7. The largest absolute Gasteiger partial charge is 0.449 e. The summed E-state index contributed by atoms with van der Waals surface area (Å²) in [6.07, 6.45) is -0.916. The Balaban J connectivity index is 1.91. The predicted octanol–water partition coefficient (Wildman–Crippen LogP) is 3.35. The second kappa shape index (κ2) is 9.20. The molecule has 0 radical (unpaired) electrons. The minimum Gasteiger partial charge on any atom is -0.449 e. The van der Waals surface area contributed by atoms with E-state index >= 15 is 0 Å². The lowest BCUT2D eigenvalue weighted by molar-refractivity contribution is -0.129. The van der Waals surface area contributed by atoms with Crippen molar-refractivity contribution in [2.24, 2.45) is 0 Å². The number of amides is 1. The number of ether oxygens (including phenoxy) is 2. The lowest BCUT2D eigenvalue weighted by Gasteiger charge is -2.14. The number of halogens is 1. The van der Waals surface area contributed by atoms with Gasteiger partial charge in [0.25, 0.3) is 5.91 Å². The standard InChI is InChI=1S/C19H20ClNO4/c1-13(18(22)21-11-16-7-3-4-9-17(16)20)25-19(23)15-8-5-6-14(10-15)12-24-2/h3-10,13H,11-12H2,1-2H3,(H,21,22)/t13-/m1/s1.